The van der Waals surface area contributed by atoms with Crippen LogP contribution in [0.5, 0.6) is 11.8 Å². The van der Waals surface area contributed by atoms with Crippen molar-refractivity contribution in [3.05, 3.63) is 91.3 Å². The van der Waals surface area contributed by atoms with Gasteiger partial charge in [0.1, 0.15) is 22.8 Å². The molecule has 3 aliphatic rings. The Bertz CT molecular complexity index is 2300. The van der Waals surface area contributed by atoms with Gasteiger partial charge < -0.3 is 28.7 Å². The zero-order valence-corrected chi connectivity index (χ0v) is 30.6. The second-order valence-corrected chi connectivity index (χ2v) is 14.7. The molecule has 8 rings (SSSR count). The van der Waals surface area contributed by atoms with E-state index < -0.39 is 0 Å². The fraction of sp³-hybridized carbons (Fsp3) is 0.385. The predicted octanol–water partition coefficient (Wildman–Crippen LogP) is 5.61. The SMILES string of the molecule is COc1nc(O[C@H]2CCc3c(-c4cccc(-c5nc6c(=O)n(CCN7CC[C@@H](O)C7)cc(C#N)c6o5)c4Cl)cccc32)c(Cl)cc1CN1CC[C@@H](O)C1. The minimum Gasteiger partial charge on any atom is -0.481 e. The number of halogens is 2. The van der Waals surface area contributed by atoms with Gasteiger partial charge >= 0.3 is 0 Å². The molecule has 12 nitrogen and oxygen atoms in total. The van der Waals surface area contributed by atoms with Crippen molar-refractivity contribution in [2.24, 2.45) is 0 Å². The number of likely N-dealkylation sites (tertiary alicyclic amines) is 2. The molecule has 0 unspecified atom stereocenters. The largest absolute Gasteiger partial charge is 0.481 e. The highest BCUT2D eigenvalue weighted by Crippen LogP contribution is 2.45. The summed E-state index contributed by atoms with van der Waals surface area (Å²) in [6.45, 7) is 4.18. The number of fused-ring (bicyclic) bond motifs is 2. The summed E-state index contributed by atoms with van der Waals surface area (Å²) in [6, 6.07) is 15.6. The topological polar surface area (TPSA) is 150 Å². The average Bonchev–Trinajstić information content (AvgIpc) is 3.97. The van der Waals surface area contributed by atoms with E-state index in [0.29, 0.717) is 72.9 Å². The molecule has 2 fully saturated rings. The van der Waals surface area contributed by atoms with Crippen LogP contribution in [-0.4, -0.2) is 86.6 Å². The molecule has 14 heteroatoms. The Balaban J connectivity index is 1.07. The molecule has 3 atom stereocenters. The number of aromatic nitrogens is 3. The lowest BCUT2D eigenvalue weighted by molar-refractivity contribution is 0.174. The standard InChI is InChI=1S/C39H38Cl2N6O6/c1-51-36-22(18-46-13-11-25(49)21-46)16-31(40)38(44-36)52-32-9-8-27-26(4-2-5-28(27)32)29-6-3-7-30(33(29)41)37-43-34-35(53-37)23(17-42)19-47(39(34)50)15-14-45-12-10-24(48)20-45/h2-7,16,19,24-25,32,48-49H,8-15,18,20-21H2,1H3/t24-,25-,32+/m1/s1. The van der Waals surface area contributed by atoms with Crippen LogP contribution in [0.2, 0.25) is 10.0 Å². The highest BCUT2D eigenvalue weighted by atomic mass is 35.5. The van der Waals surface area contributed by atoms with Crippen LogP contribution in [0.3, 0.4) is 0 Å². The van der Waals surface area contributed by atoms with Gasteiger partial charge in [0.25, 0.3) is 5.56 Å². The minimum absolute atomic E-state index is 0.0642. The number of aliphatic hydroxyl groups is 2. The van der Waals surface area contributed by atoms with Crippen LogP contribution in [0.15, 0.2) is 57.9 Å². The van der Waals surface area contributed by atoms with Crippen LogP contribution >= 0.6 is 23.2 Å². The van der Waals surface area contributed by atoms with Gasteiger partial charge in [0.05, 0.1) is 29.9 Å². The smallest absolute Gasteiger partial charge is 0.280 e. The van der Waals surface area contributed by atoms with Crippen molar-refractivity contribution in [3.63, 3.8) is 0 Å². The summed E-state index contributed by atoms with van der Waals surface area (Å²) in [5, 5.41) is 30.6. The van der Waals surface area contributed by atoms with Crippen molar-refractivity contribution in [1.29, 1.82) is 5.26 Å². The van der Waals surface area contributed by atoms with Crippen molar-refractivity contribution in [1.82, 2.24) is 24.3 Å². The zero-order valence-electron chi connectivity index (χ0n) is 29.1. The number of oxazole rings is 1. The molecule has 0 saturated carbocycles. The second-order valence-electron chi connectivity index (χ2n) is 13.9. The first-order chi connectivity index (χ1) is 25.7. The van der Waals surface area contributed by atoms with Crippen LogP contribution in [-0.2, 0) is 19.5 Å². The Kier molecular flexibility index (Phi) is 9.89. The molecule has 1 aliphatic carbocycles. The maximum absolute atomic E-state index is 13.5. The Labute approximate surface area is 315 Å². The van der Waals surface area contributed by atoms with Gasteiger partial charge in [-0.2, -0.15) is 10.2 Å². The molecule has 5 heterocycles. The van der Waals surface area contributed by atoms with Gasteiger partial charge in [0.2, 0.25) is 17.7 Å². The van der Waals surface area contributed by atoms with Gasteiger partial charge in [0, 0.05) is 63.1 Å². The van der Waals surface area contributed by atoms with Gasteiger partial charge in [-0.05, 0) is 54.5 Å². The van der Waals surface area contributed by atoms with Crippen molar-refractivity contribution in [3.8, 4) is 40.4 Å². The number of nitrogens with zero attached hydrogens (tertiary/aromatic N) is 6. The number of methoxy groups -OCH3 is 1. The van der Waals surface area contributed by atoms with Crippen LogP contribution < -0.4 is 15.0 Å². The average molecular weight is 758 g/mol. The molecular weight excluding hydrogens is 719 g/mol. The molecule has 2 saturated heterocycles. The second kappa shape index (κ2) is 14.7. The van der Waals surface area contributed by atoms with Crippen molar-refractivity contribution >= 4 is 34.3 Å². The molecule has 0 spiro atoms. The number of hydrogen-bond acceptors (Lipinski definition) is 11. The third-order valence-electron chi connectivity index (χ3n) is 10.5. The summed E-state index contributed by atoms with van der Waals surface area (Å²) in [5.74, 6) is 0.872. The van der Waals surface area contributed by atoms with Crippen LogP contribution in [0.25, 0.3) is 33.7 Å². The monoisotopic (exact) mass is 756 g/mol. The van der Waals surface area contributed by atoms with E-state index in [1.807, 2.05) is 36.4 Å². The Morgan fingerprint density at radius 3 is 2.43 bits per heavy atom. The van der Waals surface area contributed by atoms with E-state index in [9.17, 15) is 20.3 Å². The van der Waals surface area contributed by atoms with Gasteiger partial charge in [-0.25, -0.2) is 4.98 Å². The lowest BCUT2D eigenvalue weighted by Gasteiger charge is -2.20. The molecule has 53 heavy (non-hydrogen) atoms. The predicted molar refractivity (Wildman–Crippen MR) is 199 cm³/mol. The van der Waals surface area contributed by atoms with Crippen LogP contribution in [0.4, 0.5) is 0 Å². The number of hydrogen-bond donors (Lipinski definition) is 2. The van der Waals surface area contributed by atoms with Crippen molar-refractivity contribution < 1.29 is 24.1 Å². The van der Waals surface area contributed by atoms with E-state index in [1.54, 1.807) is 13.2 Å². The number of ether oxygens (including phenoxy) is 2. The highest BCUT2D eigenvalue weighted by Gasteiger charge is 2.30. The fourth-order valence-corrected chi connectivity index (χ4v) is 8.30. The molecule has 0 radical (unpaired) electrons. The first-order valence-corrected chi connectivity index (χ1v) is 18.5. The number of pyridine rings is 2. The lowest BCUT2D eigenvalue weighted by Crippen LogP contribution is -2.30. The molecular formula is C39H38Cl2N6O6. The third kappa shape index (κ3) is 6.89. The number of β-amino-alcohol motifs (C(OH)–C–C–N with tert-alkyl or cyclic N) is 2. The normalized spacial score (nSPS) is 20.3. The fourth-order valence-electron chi connectivity index (χ4n) is 7.78. The highest BCUT2D eigenvalue weighted by molar-refractivity contribution is 6.36. The molecule has 3 aromatic heterocycles. The zero-order chi connectivity index (χ0) is 36.8. The molecule has 2 N–H and O–H groups in total. The van der Waals surface area contributed by atoms with E-state index in [4.69, 9.17) is 37.1 Å². The minimum atomic E-state index is -0.360. The Morgan fingerprint density at radius 1 is 0.962 bits per heavy atom. The summed E-state index contributed by atoms with van der Waals surface area (Å²) >= 11 is 13.8. The van der Waals surface area contributed by atoms with Gasteiger partial charge in [-0.3, -0.25) is 14.6 Å². The maximum Gasteiger partial charge on any atom is 0.280 e. The van der Waals surface area contributed by atoms with Crippen LogP contribution in [0, 0.1) is 11.3 Å². The number of aliphatic hydroxyl groups excluding tert-OH is 2. The lowest BCUT2D eigenvalue weighted by atomic mass is 9.95. The summed E-state index contributed by atoms with van der Waals surface area (Å²) in [6.07, 6.45) is 3.37. The van der Waals surface area contributed by atoms with Crippen LogP contribution in [0.1, 0.15) is 47.6 Å². The van der Waals surface area contributed by atoms with E-state index >= 15 is 0 Å². The summed E-state index contributed by atoms with van der Waals surface area (Å²) < 4.78 is 19.6. The number of benzene rings is 2. The van der Waals surface area contributed by atoms with Crippen molar-refractivity contribution in [2.45, 2.75) is 57.1 Å². The number of nitriles is 1. The van der Waals surface area contributed by atoms with E-state index in [-0.39, 0.29) is 46.4 Å². The molecule has 5 aromatic rings. The van der Waals surface area contributed by atoms with E-state index in [1.165, 1.54) is 10.8 Å². The van der Waals surface area contributed by atoms with E-state index in [2.05, 4.69) is 25.8 Å². The first kappa shape index (κ1) is 35.5. The quantitative estimate of drug-likeness (QED) is 0.183. The summed E-state index contributed by atoms with van der Waals surface area (Å²) in [5.41, 5.74) is 5.14. The molecule has 2 aliphatic heterocycles. The summed E-state index contributed by atoms with van der Waals surface area (Å²) in [7, 11) is 1.57. The maximum atomic E-state index is 13.5. The summed E-state index contributed by atoms with van der Waals surface area (Å²) in [4.78, 5) is 27.0. The number of rotatable bonds is 10. The Hall–Kier alpha value is -4.48. The van der Waals surface area contributed by atoms with Gasteiger partial charge in [-0.15, -0.1) is 0 Å². The molecule has 0 amide bonds. The third-order valence-corrected chi connectivity index (χ3v) is 11.1. The van der Waals surface area contributed by atoms with Crippen molar-refractivity contribution in [2.75, 3.05) is 39.8 Å². The first-order valence-electron chi connectivity index (χ1n) is 17.8. The van der Waals surface area contributed by atoms with Gasteiger partial charge in [0.15, 0.2) is 11.1 Å². The molecule has 0 bridgehead atoms. The van der Waals surface area contributed by atoms with Gasteiger partial charge in [-0.1, -0.05) is 53.5 Å². The Morgan fingerprint density at radius 2 is 1.70 bits per heavy atom. The van der Waals surface area contributed by atoms with E-state index in [0.717, 1.165) is 53.7 Å². The molecule has 2 aromatic carbocycles. The molecule has 274 valence electrons.